The second-order valence-electron chi connectivity index (χ2n) is 3.94. The summed E-state index contributed by atoms with van der Waals surface area (Å²) in [7, 11) is 1.57. The van der Waals surface area contributed by atoms with Gasteiger partial charge in [-0.25, -0.2) is 0 Å². The number of carbonyl (C=O) groups is 1. The number of hydrogen-bond donors (Lipinski definition) is 2. The molecule has 4 nitrogen and oxygen atoms in total. The Bertz CT molecular complexity index is 593. The molecule has 0 atom stereocenters. The fourth-order valence-electron chi connectivity index (χ4n) is 1.84. The second kappa shape index (κ2) is 4.96. The van der Waals surface area contributed by atoms with E-state index in [4.69, 9.17) is 4.74 Å². The highest BCUT2D eigenvalue weighted by atomic mass is 16.5. The number of amides is 1. The van der Waals surface area contributed by atoms with Crippen LogP contribution in [-0.4, -0.2) is 24.7 Å². The predicted octanol–water partition coefficient (Wildman–Crippen LogP) is 2.30. The zero-order chi connectivity index (χ0) is 13.1. The first-order chi connectivity index (χ1) is 8.65. The Hall–Kier alpha value is -2.23. The van der Waals surface area contributed by atoms with E-state index >= 15 is 0 Å². The molecular formula is C14H15NO3. The van der Waals surface area contributed by atoms with Gasteiger partial charge >= 0.3 is 0 Å². The molecule has 0 unspecified atom stereocenters. The van der Waals surface area contributed by atoms with Crippen molar-refractivity contribution >= 4 is 16.7 Å². The smallest absolute Gasteiger partial charge is 0.251 e. The van der Waals surface area contributed by atoms with E-state index < -0.39 is 0 Å². The molecule has 0 saturated heterocycles. The summed E-state index contributed by atoms with van der Waals surface area (Å²) in [6, 6.07) is 8.57. The van der Waals surface area contributed by atoms with Crippen LogP contribution in [0.1, 0.15) is 17.3 Å². The second-order valence-corrected chi connectivity index (χ2v) is 3.94. The minimum absolute atomic E-state index is 0.0765. The van der Waals surface area contributed by atoms with Gasteiger partial charge in [-0.2, -0.15) is 0 Å². The number of methoxy groups -OCH3 is 1. The normalized spacial score (nSPS) is 10.3. The molecule has 4 heteroatoms. The number of benzene rings is 2. The van der Waals surface area contributed by atoms with Crippen molar-refractivity contribution in [2.45, 2.75) is 6.92 Å². The van der Waals surface area contributed by atoms with E-state index in [0.717, 1.165) is 5.39 Å². The molecule has 2 N–H and O–H groups in total. The number of phenols is 1. The number of phenolic OH excluding ortho intramolecular Hbond substituents is 1. The molecule has 2 rings (SSSR count). The number of ether oxygens (including phenoxy) is 1. The van der Waals surface area contributed by atoms with Crippen LogP contribution in [0.2, 0.25) is 0 Å². The van der Waals surface area contributed by atoms with E-state index in [0.29, 0.717) is 23.2 Å². The van der Waals surface area contributed by atoms with Gasteiger partial charge < -0.3 is 15.2 Å². The monoisotopic (exact) mass is 245 g/mol. The molecule has 0 bridgehead atoms. The fourth-order valence-corrected chi connectivity index (χ4v) is 1.84. The minimum atomic E-state index is -0.189. The highest BCUT2D eigenvalue weighted by Gasteiger charge is 2.09. The Morgan fingerprint density at radius 2 is 2.11 bits per heavy atom. The number of carbonyl (C=O) groups excluding carboxylic acids is 1. The summed E-state index contributed by atoms with van der Waals surface area (Å²) >= 11 is 0. The summed E-state index contributed by atoms with van der Waals surface area (Å²) in [5, 5.41) is 14.1. The van der Waals surface area contributed by atoms with E-state index in [1.165, 1.54) is 6.07 Å². The van der Waals surface area contributed by atoms with Crippen LogP contribution in [0.4, 0.5) is 0 Å². The fraction of sp³-hybridized carbons (Fsp3) is 0.214. The van der Waals surface area contributed by atoms with Crippen molar-refractivity contribution in [3.8, 4) is 11.5 Å². The van der Waals surface area contributed by atoms with Gasteiger partial charge in [-0.15, -0.1) is 0 Å². The number of aromatic hydroxyl groups is 1. The van der Waals surface area contributed by atoms with Crippen LogP contribution in [0.5, 0.6) is 11.5 Å². The molecule has 0 saturated carbocycles. The van der Waals surface area contributed by atoms with Crippen molar-refractivity contribution < 1.29 is 14.6 Å². The van der Waals surface area contributed by atoms with Gasteiger partial charge in [0.25, 0.3) is 5.91 Å². The van der Waals surface area contributed by atoms with Gasteiger partial charge in [0.15, 0.2) is 0 Å². The molecule has 1 amide bonds. The quantitative estimate of drug-likeness (QED) is 0.872. The molecule has 0 aliphatic rings. The Labute approximate surface area is 105 Å². The number of fused-ring (bicyclic) bond motifs is 1. The third-order valence-electron chi connectivity index (χ3n) is 2.74. The summed E-state index contributed by atoms with van der Waals surface area (Å²) in [6.07, 6.45) is 0. The third kappa shape index (κ3) is 2.22. The molecule has 94 valence electrons. The van der Waals surface area contributed by atoms with E-state index in [9.17, 15) is 9.90 Å². The van der Waals surface area contributed by atoms with E-state index in [2.05, 4.69) is 5.32 Å². The van der Waals surface area contributed by atoms with Crippen molar-refractivity contribution in [3.63, 3.8) is 0 Å². The Morgan fingerprint density at radius 3 is 2.78 bits per heavy atom. The maximum atomic E-state index is 11.7. The van der Waals surface area contributed by atoms with Crippen LogP contribution in [0.15, 0.2) is 30.3 Å². The Morgan fingerprint density at radius 1 is 1.33 bits per heavy atom. The van der Waals surface area contributed by atoms with Gasteiger partial charge in [0.1, 0.15) is 11.5 Å². The van der Waals surface area contributed by atoms with Crippen LogP contribution in [0, 0.1) is 0 Å². The predicted molar refractivity (Wildman–Crippen MR) is 70.2 cm³/mol. The van der Waals surface area contributed by atoms with Crippen LogP contribution >= 0.6 is 0 Å². The van der Waals surface area contributed by atoms with E-state index in [-0.39, 0.29) is 11.7 Å². The van der Waals surface area contributed by atoms with Gasteiger partial charge in [0.2, 0.25) is 0 Å². The first-order valence-corrected chi connectivity index (χ1v) is 5.74. The molecule has 0 heterocycles. The highest BCUT2D eigenvalue weighted by Crippen LogP contribution is 2.29. The lowest BCUT2D eigenvalue weighted by Crippen LogP contribution is -2.22. The van der Waals surface area contributed by atoms with Gasteiger partial charge in [-0.1, -0.05) is 6.07 Å². The molecular weight excluding hydrogens is 230 g/mol. The molecule has 0 aliphatic carbocycles. The molecule has 0 spiro atoms. The lowest BCUT2D eigenvalue weighted by molar-refractivity contribution is 0.0955. The first-order valence-electron chi connectivity index (χ1n) is 5.74. The van der Waals surface area contributed by atoms with E-state index in [1.54, 1.807) is 25.3 Å². The number of hydrogen-bond acceptors (Lipinski definition) is 3. The zero-order valence-corrected chi connectivity index (χ0v) is 10.4. The topological polar surface area (TPSA) is 58.6 Å². The largest absolute Gasteiger partial charge is 0.507 e. The number of rotatable bonds is 3. The van der Waals surface area contributed by atoms with E-state index in [1.807, 2.05) is 13.0 Å². The van der Waals surface area contributed by atoms with Gasteiger partial charge in [0.05, 0.1) is 7.11 Å². The van der Waals surface area contributed by atoms with Crippen LogP contribution < -0.4 is 10.1 Å². The standard InChI is InChI=1S/C14H15NO3/c1-3-15-14(17)10-6-9-4-5-11(18-2)8-12(9)13(16)7-10/h4-8,16H,3H2,1-2H3,(H,15,17). The van der Waals surface area contributed by atoms with Crippen molar-refractivity contribution in [2.75, 3.05) is 13.7 Å². The molecule has 0 aromatic heterocycles. The molecule has 0 radical (unpaired) electrons. The zero-order valence-electron chi connectivity index (χ0n) is 10.4. The summed E-state index contributed by atoms with van der Waals surface area (Å²) < 4.78 is 5.10. The number of nitrogens with one attached hydrogen (secondary N) is 1. The van der Waals surface area contributed by atoms with Crippen molar-refractivity contribution in [3.05, 3.63) is 35.9 Å². The summed E-state index contributed by atoms with van der Waals surface area (Å²) in [6.45, 7) is 2.41. The van der Waals surface area contributed by atoms with Crippen LogP contribution in [-0.2, 0) is 0 Å². The average molecular weight is 245 g/mol. The van der Waals surface area contributed by atoms with Gasteiger partial charge in [-0.05, 0) is 36.6 Å². The molecule has 0 fully saturated rings. The minimum Gasteiger partial charge on any atom is -0.507 e. The van der Waals surface area contributed by atoms with Gasteiger partial charge in [0, 0.05) is 17.5 Å². The van der Waals surface area contributed by atoms with Crippen LogP contribution in [0.25, 0.3) is 10.8 Å². The first kappa shape index (κ1) is 12.2. The maximum absolute atomic E-state index is 11.7. The lowest BCUT2D eigenvalue weighted by atomic mass is 10.0. The molecule has 0 aliphatic heterocycles. The highest BCUT2D eigenvalue weighted by molar-refractivity contribution is 6.01. The molecule has 18 heavy (non-hydrogen) atoms. The van der Waals surface area contributed by atoms with Crippen LogP contribution in [0.3, 0.4) is 0 Å². The average Bonchev–Trinajstić information content (AvgIpc) is 2.38. The maximum Gasteiger partial charge on any atom is 0.251 e. The SMILES string of the molecule is CCNC(=O)c1cc(O)c2cc(OC)ccc2c1. The summed E-state index contributed by atoms with van der Waals surface area (Å²) in [5.74, 6) is 0.557. The Balaban J connectivity index is 2.53. The van der Waals surface area contributed by atoms with Crippen molar-refractivity contribution in [1.29, 1.82) is 0 Å². The van der Waals surface area contributed by atoms with Gasteiger partial charge in [-0.3, -0.25) is 4.79 Å². The van der Waals surface area contributed by atoms with Crippen molar-refractivity contribution in [2.24, 2.45) is 0 Å². The molecule has 2 aromatic carbocycles. The molecule has 2 aromatic rings. The lowest BCUT2D eigenvalue weighted by Gasteiger charge is -2.08. The van der Waals surface area contributed by atoms with Crippen molar-refractivity contribution in [1.82, 2.24) is 5.32 Å². The summed E-state index contributed by atoms with van der Waals surface area (Å²) in [5.41, 5.74) is 0.451. The third-order valence-corrected chi connectivity index (χ3v) is 2.74. The summed E-state index contributed by atoms with van der Waals surface area (Å²) in [4.78, 5) is 11.7. The Kier molecular flexibility index (Phi) is 3.37.